The maximum absolute atomic E-state index is 10.4. The minimum atomic E-state index is -0.999. The third-order valence-electron chi connectivity index (χ3n) is 7.75. The summed E-state index contributed by atoms with van der Waals surface area (Å²) in [5.74, 6) is 0. The third-order valence-corrected chi connectivity index (χ3v) is 8.06. The molecule has 3 heterocycles. The standard InChI is InChI=1S/C29H31ClN4O/c1-29(2,35)25-10-9-20(15-26(25)30)27-24-14-22(16-31-28(24)33-32-27)18-7-8-21-17-34(12-11-19(21)13-18)23-5-3-4-6-23/h7-10,13-16,23,35H,3-6,11-12,17H2,1-2H3,(H,31,32,33). The molecule has 2 N–H and O–H groups in total. The summed E-state index contributed by atoms with van der Waals surface area (Å²) in [5, 5.41) is 19.4. The summed E-state index contributed by atoms with van der Waals surface area (Å²) in [7, 11) is 0. The van der Waals surface area contributed by atoms with Crippen molar-refractivity contribution < 1.29 is 5.11 Å². The summed E-state index contributed by atoms with van der Waals surface area (Å²) in [5.41, 5.74) is 7.37. The predicted molar refractivity (Wildman–Crippen MR) is 141 cm³/mol. The summed E-state index contributed by atoms with van der Waals surface area (Å²) < 4.78 is 0. The highest BCUT2D eigenvalue weighted by Gasteiger charge is 2.26. The zero-order valence-corrected chi connectivity index (χ0v) is 21.1. The van der Waals surface area contributed by atoms with E-state index in [2.05, 4.69) is 44.3 Å². The van der Waals surface area contributed by atoms with Crippen molar-refractivity contribution in [2.24, 2.45) is 0 Å². The van der Waals surface area contributed by atoms with Gasteiger partial charge in [0, 0.05) is 52.4 Å². The van der Waals surface area contributed by atoms with E-state index < -0.39 is 5.60 Å². The number of fused-ring (bicyclic) bond motifs is 2. The van der Waals surface area contributed by atoms with E-state index in [0.717, 1.165) is 47.8 Å². The minimum absolute atomic E-state index is 0.531. The molecule has 0 amide bonds. The van der Waals surface area contributed by atoms with Crippen LogP contribution in [-0.2, 0) is 18.6 Å². The molecule has 5 nitrogen and oxygen atoms in total. The Bertz CT molecular complexity index is 1400. The number of H-pyrrole nitrogens is 1. The molecule has 0 saturated heterocycles. The van der Waals surface area contributed by atoms with Crippen LogP contribution in [0.5, 0.6) is 0 Å². The second-order valence-corrected chi connectivity index (χ2v) is 11.0. The second-order valence-electron chi connectivity index (χ2n) is 10.6. The van der Waals surface area contributed by atoms with Crippen molar-refractivity contribution in [3.63, 3.8) is 0 Å². The van der Waals surface area contributed by atoms with Crippen molar-refractivity contribution in [1.82, 2.24) is 20.1 Å². The maximum Gasteiger partial charge on any atom is 0.181 e. The second kappa shape index (κ2) is 8.74. The molecule has 35 heavy (non-hydrogen) atoms. The minimum Gasteiger partial charge on any atom is -0.386 e. The topological polar surface area (TPSA) is 65.0 Å². The summed E-state index contributed by atoms with van der Waals surface area (Å²) in [4.78, 5) is 7.32. The molecule has 0 radical (unpaired) electrons. The van der Waals surface area contributed by atoms with Gasteiger partial charge in [-0.05, 0) is 61.9 Å². The van der Waals surface area contributed by atoms with E-state index in [9.17, 15) is 5.11 Å². The number of halogens is 1. The summed E-state index contributed by atoms with van der Waals surface area (Å²) in [6.45, 7) is 5.71. The highest BCUT2D eigenvalue weighted by atomic mass is 35.5. The van der Waals surface area contributed by atoms with Gasteiger partial charge in [0.05, 0.1) is 11.3 Å². The lowest BCUT2D eigenvalue weighted by atomic mass is 9.93. The van der Waals surface area contributed by atoms with Gasteiger partial charge in [-0.2, -0.15) is 5.10 Å². The molecule has 2 aliphatic rings. The van der Waals surface area contributed by atoms with Gasteiger partial charge in [0.15, 0.2) is 5.65 Å². The Morgan fingerprint density at radius 1 is 1.00 bits per heavy atom. The van der Waals surface area contributed by atoms with Crippen LogP contribution >= 0.6 is 11.6 Å². The molecule has 2 aromatic heterocycles. The fourth-order valence-corrected chi connectivity index (χ4v) is 6.19. The molecule has 0 unspecified atom stereocenters. The van der Waals surface area contributed by atoms with Gasteiger partial charge >= 0.3 is 0 Å². The Kier molecular flexibility index (Phi) is 5.67. The van der Waals surface area contributed by atoms with E-state index >= 15 is 0 Å². The number of aromatic nitrogens is 3. The highest BCUT2D eigenvalue weighted by molar-refractivity contribution is 6.31. The van der Waals surface area contributed by atoms with Crippen LogP contribution in [0.2, 0.25) is 5.02 Å². The van der Waals surface area contributed by atoms with Gasteiger partial charge in [-0.3, -0.25) is 10.00 Å². The molecule has 1 saturated carbocycles. The van der Waals surface area contributed by atoms with Gasteiger partial charge in [0.2, 0.25) is 0 Å². The zero-order chi connectivity index (χ0) is 24.2. The molecule has 180 valence electrons. The number of pyridine rings is 1. The number of aromatic amines is 1. The van der Waals surface area contributed by atoms with E-state index in [1.165, 1.54) is 42.4 Å². The number of aliphatic hydroxyl groups is 1. The quantitative estimate of drug-likeness (QED) is 0.347. The van der Waals surface area contributed by atoms with Gasteiger partial charge < -0.3 is 5.11 Å². The third kappa shape index (κ3) is 4.26. The summed E-state index contributed by atoms with van der Waals surface area (Å²) >= 11 is 6.52. The first-order valence-electron chi connectivity index (χ1n) is 12.6. The molecule has 1 fully saturated rings. The van der Waals surface area contributed by atoms with Crippen molar-refractivity contribution in [3.05, 3.63) is 70.4 Å². The van der Waals surface area contributed by atoms with E-state index in [-0.39, 0.29) is 0 Å². The van der Waals surface area contributed by atoms with Gasteiger partial charge in [0.1, 0.15) is 0 Å². The van der Waals surface area contributed by atoms with Crippen LogP contribution in [0.15, 0.2) is 48.7 Å². The van der Waals surface area contributed by atoms with Gasteiger partial charge in [0.25, 0.3) is 0 Å². The van der Waals surface area contributed by atoms with Crippen LogP contribution in [0.25, 0.3) is 33.4 Å². The Balaban J connectivity index is 1.32. The molecule has 0 bridgehead atoms. The van der Waals surface area contributed by atoms with Crippen LogP contribution in [0.4, 0.5) is 0 Å². The fourth-order valence-electron chi connectivity index (χ4n) is 5.78. The Labute approximate surface area is 211 Å². The Morgan fingerprint density at radius 3 is 2.57 bits per heavy atom. The largest absolute Gasteiger partial charge is 0.386 e. The molecule has 6 heteroatoms. The number of benzene rings is 2. The monoisotopic (exact) mass is 486 g/mol. The smallest absolute Gasteiger partial charge is 0.181 e. The molecule has 6 rings (SSSR count). The van der Waals surface area contributed by atoms with Crippen LogP contribution in [0.1, 0.15) is 56.2 Å². The zero-order valence-electron chi connectivity index (χ0n) is 20.3. The first kappa shape index (κ1) is 22.7. The summed E-state index contributed by atoms with van der Waals surface area (Å²) in [6, 6.07) is 15.5. The van der Waals surface area contributed by atoms with Crippen LogP contribution in [0.3, 0.4) is 0 Å². The summed E-state index contributed by atoms with van der Waals surface area (Å²) in [6.07, 6.45) is 8.50. The van der Waals surface area contributed by atoms with E-state index in [1.807, 2.05) is 24.4 Å². The van der Waals surface area contributed by atoms with Gasteiger partial charge in [-0.25, -0.2) is 4.98 Å². The predicted octanol–water partition coefficient (Wildman–Crippen LogP) is 6.47. The molecule has 2 aromatic carbocycles. The Hall–Kier alpha value is -2.73. The van der Waals surface area contributed by atoms with Crippen molar-refractivity contribution >= 4 is 22.6 Å². The SMILES string of the molecule is CC(C)(O)c1ccc(-c2[nH]nc3ncc(-c4ccc5c(c4)CCN(C4CCCC4)C5)cc23)cc1Cl. The normalized spacial score (nSPS) is 17.3. The van der Waals surface area contributed by atoms with Crippen molar-refractivity contribution in [2.75, 3.05) is 6.54 Å². The molecule has 1 aliphatic carbocycles. The lowest BCUT2D eigenvalue weighted by molar-refractivity contribution is 0.0787. The van der Waals surface area contributed by atoms with Crippen molar-refractivity contribution in [3.8, 4) is 22.4 Å². The van der Waals surface area contributed by atoms with Crippen molar-refractivity contribution in [1.29, 1.82) is 0 Å². The lowest BCUT2D eigenvalue weighted by Crippen LogP contribution is -2.37. The molecule has 4 aromatic rings. The maximum atomic E-state index is 10.4. The number of nitrogens with one attached hydrogen (secondary N) is 1. The van der Waals surface area contributed by atoms with Crippen molar-refractivity contribution in [2.45, 2.75) is 64.1 Å². The average molecular weight is 487 g/mol. The highest BCUT2D eigenvalue weighted by Crippen LogP contribution is 2.35. The lowest BCUT2D eigenvalue weighted by Gasteiger charge is -2.33. The molecule has 0 spiro atoms. The van der Waals surface area contributed by atoms with E-state index in [1.54, 1.807) is 13.8 Å². The first-order valence-corrected chi connectivity index (χ1v) is 13.0. The van der Waals surface area contributed by atoms with E-state index in [0.29, 0.717) is 16.2 Å². The fraction of sp³-hybridized carbons (Fsp3) is 0.379. The number of hydrogen-bond acceptors (Lipinski definition) is 4. The molecule has 1 aliphatic heterocycles. The Morgan fingerprint density at radius 2 is 1.80 bits per heavy atom. The number of hydrogen-bond donors (Lipinski definition) is 2. The first-order chi connectivity index (χ1) is 16.9. The molecular weight excluding hydrogens is 456 g/mol. The number of rotatable bonds is 4. The van der Waals surface area contributed by atoms with Crippen LogP contribution in [0, 0.1) is 0 Å². The molecular formula is C29H31ClN4O. The van der Waals surface area contributed by atoms with E-state index in [4.69, 9.17) is 11.6 Å². The molecule has 0 atom stereocenters. The van der Waals surface area contributed by atoms with Crippen LogP contribution in [-0.4, -0.2) is 37.8 Å². The van der Waals surface area contributed by atoms with Crippen LogP contribution < -0.4 is 0 Å². The van der Waals surface area contributed by atoms with Gasteiger partial charge in [-0.15, -0.1) is 0 Å². The average Bonchev–Trinajstić information content (AvgIpc) is 3.52. The van der Waals surface area contributed by atoms with Gasteiger partial charge in [-0.1, -0.05) is 54.8 Å². The number of nitrogens with zero attached hydrogens (tertiary/aromatic N) is 3.